The third-order valence-corrected chi connectivity index (χ3v) is 6.10. The predicted molar refractivity (Wildman–Crippen MR) is 113 cm³/mol. The van der Waals surface area contributed by atoms with E-state index in [1.54, 1.807) is 19.1 Å². The number of rotatable bonds is 5. The second-order valence-corrected chi connectivity index (χ2v) is 8.51. The van der Waals surface area contributed by atoms with Crippen LogP contribution in [-0.2, 0) is 14.2 Å². The maximum absolute atomic E-state index is 11.7. The summed E-state index contributed by atoms with van der Waals surface area (Å²) < 4.78 is 27.3. The van der Waals surface area contributed by atoms with Crippen molar-refractivity contribution in [1.82, 2.24) is 0 Å². The zero-order valence-electron chi connectivity index (χ0n) is 18.4. The van der Waals surface area contributed by atoms with Crippen molar-refractivity contribution in [3.8, 4) is 5.75 Å². The lowest BCUT2D eigenvalue weighted by molar-refractivity contribution is -0.349. The molecule has 0 saturated carbocycles. The smallest absolute Gasteiger partial charge is 0.336 e. The molecule has 0 aliphatic carbocycles. The Morgan fingerprint density at radius 2 is 1.62 bits per heavy atom. The van der Waals surface area contributed by atoms with E-state index in [4.69, 9.17) is 23.4 Å². The number of hydrogen-bond donors (Lipinski definition) is 6. The van der Waals surface area contributed by atoms with Crippen molar-refractivity contribution in [2.45, 2.75) is 75.3 Å². The number of hydrogen-bond acceptors (Lipinski definition) is 12. The Balaban J connectivity index is 1.50. The van der Waals surface area contributed by atoms with Crippen molar-refractivity contribution < 1.29 is 54.0 Å². The summed E-state index contributed by atoms with van der Waals surface area (Å²) in [6, 6.07) is 6.01. The van der Waals surface area contributed by atoms with Crippen molar-refractivity contribution in [3.05, 3.63) is 40.2 Å². The van der Waals surface area contributed by atoms with Crippen LogP contribution in [0, 0.1) is 6.92 Å². The van der Waals surface area contributed by atoms with Gasteiger partial charge in [-0.3, -0.25) is 0 Å². The van der Waals surface area contributed by atoms with Crippen LogP contribution >= 0.6 is 0 Å². The quantitative estimate of drug-likeness (QED) is 0.260. The Morgan fingerprint density at radius 1 is 0.912 bits per heavy atom. The maximum atomic E-state index is 11.7. The summed E-state index contributed by atoms with van der Waals surface area (Å²) in [5.41, 5.74) is 0.430. The van der Waals surface area contributed by atoms with Crippen molar-refractivity contribution in [2.75, 3.05) is 6.61 Å². The Morgan fingerprint density at radius 3 is 2.32 bits per heavy atom. The van der Waals surface area contributed by atoms with Gasteiger partial charge in [-0.2, -0.15) is 0 Å². The molecule has 6 N–H and O–H groups in total. The van der Waals surface area contributed by atoms with E-state index in [-0.39, 0.29) is 11.3 Å². The minimum atomic E-state index is -1.65. The fraction of sp³-hybridized carbons (Fsp3) is 0.591. The van der Waals surface area contributed by atoms with Crippen LogP contribution in [0.2, 0.25) is 0 Å². The van der Waals surface area contributed by atoms with Crippen molar-refractivity contribution in [1.29, 1.82) is 0 Å². The van der Waals surface area contributed by atoms with Gasteiger partial charge in [0.25, 0.3) is 0 Å². The molecular formula is C22H28O12. The van der Waals surface area contributed by atoms with E-state index >= 15 is 0 Å². The fourth-order valence-electron chi connectivity index (χ4n) is 4.11. The molecule has 0 amide bonds. The Hall–Kier alpha value is -2.13. The van der Waals surface area contributed by atoms with Gasteiger partial charge in [0.2, 0.25) is 6.29 Å². The number of aliphatic hydroxyl groups excluding tert-OH is 6. The molecule has 10 atom stereocenters. The van der Waals surface area contributed by atoms with E-state index in [0.29, 0.717) is 10.9 Å². The molecule has 2 aromatic rings. The van der Waals surface area contributed by atoms with Crippen LogP contribution < -0.4 is 10.4 Å². The van der Waals surface area contributed by atoms with Gasteiger partial charge in [-0.1, -0.05) is 0 Å². The third-order valence-electron chi connectivity index (χ3n) is 6.10. The lowest BCUT2D eigenvalue weighted by Crippen LogP contribution is -2.64. The zero-order valence-corrected chi connectivity index (χ0v) is 18.4. The Labute approximate surface area is 193 Å². The minimum Gasteiger partial charge on any atom is -0.462 e. The van der Waals surface area contributed by atoms with Crippen LogP contribution in [0.4, 0.5) is 0 Å². The highest BCUT2D eigenvalue weighted by Gasteiger charge is 2.50. The van der Waals surface area contributed by atoms with Crippen LogP contribution in [0.5, 0.6) is 5.75 Å². The SMILES string of the molecule is Cc1cc(=O)oc2cc(O[C@H]3O[C@@H](CO)[C@H](O[C@@H]4O[C@H](C)[C@@H](O)[C@@H](O)[C@@H]4O)[C@@H](O)[C@@H]3O)ccc12. The molecule has 34 heavy (non-hydrogen) atoms. The summed E-state index contributed by atoms with van der Waals surface area (Å²) in [4.78, 5) is 11.7. The monoisotopic (exact) mass is 484 g/mol. The van der Waals surface area contributed by atoms with Gasteiger partial charge in [0.05, 0.1) is 12.7 Å². The summed E-state index contributed by atoms with van der Waals surface area (Å²) in [7, 11) is 0. The second-order valence-electron chi connectivity index (χ2n) is 8.51. The molecule has 1 aromatic heterocycles. The number of aryl methyl sites for hydroxylation is 1. The minimum absolute atomic E-state index is 0.172. The standard InChI is InChI=1S/C22H28O12/c1-8-5-14(24)32-12-6-10(3-4-11(8)12)31-22-19(29)17(27)20(13(7-23)33-22)34-21-18(28)16(26)15(25)9(2)30-21/h3-6,9,13,15-23,25-29H,7H2,1-2H3/t9-,13+,15-,16-,17+,18+,19+,20+,21+,22+/m1/s1. The first-order chi connectivity index (χ1) is 16.1. The first kappa shape index (κ1) is 25.0. The first-order valence-corrected chi connectivity index (χ1v) is 10.8. The van der Waals surface area contributed by atoms with Gasteiger partial charge in [-0.05, 0) is 31.5 Å². The van der Waals surface area contributed by atoms with Gasteiger partial charge in [0.15, 0.2) is 6.29 Å². The summed E-state index contributed by atoms with van der Waals surface area (Å²) in [5, 5.41) is 61.7. The molecule has 1 aromatic carbocycles. The van der Waals surface area contributed by atoms with Crippen LogP contribution in [0.25, 0.3) is 11.0 Å². The Bertz CT molecular complexity index is 1050. The molecule has 0 spiro atoms. The van der Waals surface area contributed by atoms with Crippen molar-refractivity contribution >= 4 is 11.0 Å². The van der Waals surface area contributed by atoms with Gasteiger partial charge in [0.1, 0.15) is 54.1 Å². The highest BCUT2D eigenvalue weighted by Crippen LogP contribution is 2.31. The summed E-state index contributed by atoms with van der Waals surface area (Å²) >= 11 is 0. The van der Waals surface area contributed by atoms with Crippen molar-refractivity contribution in [3.63, 3.8) is 0 Å². The van der Waals surface area contributed by atoms with Crippen LogP contribution in [0.3, 0.4) is 0 Å². The van der Waals surface area contributed by atoms with Gasteiger partial charge < -0.3 is 54.0 Å². The molecule has 2 fully saturated rings. The third kappa shape index (κ3) is 4.69. The average Bonchev–Trinajstić information content (AvgIpc) is 2.80. The predicted octanol–water partition coefficient (Wildman–Crippen LogP) is -1.87. The summed E-state index contributed by atoms with van der Waals surface area (Å²) in [5.74, 6) is 0.172. The number of benzene rings is 1. The highest BCUT2D eigenvalue weighted by molar-refractivity contribution is 5.81. The first-order valence-electron chi connectivity index (χ1n) is 10.8. The summed E-state index contributed by atoms with van der Waals surface area (Å²) in [6.07, 6.45) is -14.2. The molecule has 0 radical (unpaired) electrons. The normalized spacial score (nSPS) is 38.7. The summed E-state index contributed by atoms with van der Waals surface area (Å²) in [6.45, 7) is 2.56. The number of ether oxygens (including phenoxy) is 4. The zero-order chi connectivity index (χ0) is 24.7. The van der Waals surface area contributed by atoms with Crippen LogP contribution in [-0.4, -0.2) is 98.7 Å². The maximum Gasteiger partial charge on any atom is 0.336 e. The van der Waals surface area contributed by atoms with E-state index in [1.165, 1.54) is 19.1 Å². The molecular weight excluding hydrogens is 456 g/mol. The number of aliphatic hydroxyl groups is 6. The lowest BCUT2D eigenvalue weighted by atomic mass is 9.97. The number of fused-ring (bicyclic) bond motifs is 1. The molecule has 2 saturated heterocycles. The molecule has 0 bridgehead atoms. The molecule has 4 rings (SSSR count). The van der Waals surface area contributed by atoms with Gasteiger partial charge in [-0.25, -0.2) is 4.79 Å². The fourth-order valence-corrected chi connectivity index (χ4v) is 4.11. The van der Waals surface area contributed by atoms with Crippen LogP contribution in [0.15, 0.2) is 33.5 Å². The van der Waals surface area contributed by atoms with Gasteiger partial charge in [-0.15, -0.1) is 0 Å². The Kier molecular flexibility index (Phi) is 7.24. The average molecular weight is 484 g/mol. The molecule has 3 heterocycles. The van der Waals surface area contributed by atoms with Crippen molar-refractivity contribution in [2.24, 2.45) is 0 Å². The van der Waals surface area contributed by atoms with Crippen LogP contribution in [0.1, 0.15) is 12.5 Å². The molecule has 2 aliphatic rings. The van der Waals surface area contributed by atoms with Gasteiger partial charge >= 0.3 is 5.63 Å². The van der Waals surface area contributed by atoms with E-state index < -0.39 is 73.6 Å². The largest absolute Gasteiger partial charge is 0.462 e. The van der Waals surface area contributed by atoms with Gasteiger partial charge in [0, 0.05) is 17.5 Å². The molecule has 12 heteroatoms. The second kappa shape index (κ2) is 9.85. The lowest BCUT2D eigenvalue weighted by Gasteiger charge is -2.45. The van der Waals surface area contributed by atoms with E-state index in [0.717, 1.165) is 0 Å². The van der Waals surface area contributed by atoms with E-state index in [9.17, 15) is 35.4 Å². The van der Waals surface area contributed by atoms with E-state index in [1.807, 2.05) is 0 Å². The molecule has 0 unspecified atom stereocenters. The highest BCUT2D eigenvalue weighted by atomic mass is 16.7. The topological polar surface area (TPSA) is 189 Å². The molecule has 12 nitrogen and oxygen atoms in total. The molecule has 188 valence electrons. The van der Waals surface area contributed by atoms with E-state index in [2.05, 4.69) is 0 Å². The molecule has 2 aliphatic heterocycles.